The lowest BCUT2D eigenvalue weighted by Gasteiger charge is -2.30. The number of nitro benzene ring substituents is 1. The lowest BCUT2D eigenvalue weighted by atomic mass is 10.2. The van der Waals surface area contributed by atoms with Crippen LogP contribution in [-0.2, 0) is 0 Å². The van der Waals surface area contributed by atoms with E-state index in [4.69, 9.17) is 5.26 Å². The number of hydrogen-bond acceptors (Lipinski definition) is 5. The van der Waals surface area contributed by atoms with Crippen LogP contribution < -0.4 is 5.32 Å². The first-order valence-corrected chi connectivity index (χ1v) is 7.05. The molecule has 114 valence electrons. The smallest absolute Gasteiger partial charge is 0.289 e. The Morgan fingerprint density at radius 3 is 2.43 bits per heavy atom. The third kappa shape index (κ3) is 4.72. The van der Waals surface area contributed by atoms with Crippen molar-refractivity contribution in [2.24, 2.45) is 0 Å². The lowest BCUT2D eigenvalue weighted by molar-refractivity contribution is -0.385. The summed E-state index contributed by atoms with van der Waals surface area (Å²) < 4.78 is 0. The normalized spacial score (nSPS) is 11.0. The molecule has 1 rings (SSSR count). The predicted octanol–water partition coefficient (Wildman–Crippen LogP) is 3.00. The van der Waals surface area contributed by atoms with Crippen molar-refractivity contribution in [3.8, 4) is 6.07 Å². The standard InChI is InChI=1S/C15H22N4O2/c1-11(2)18(12(3)4)8-7-17-14-6-5-13(10-16)15(9-14)19(20)21/h5-6,9,11-12,17H,7-8H2,1-4H3. The zero-order valence-corrected chi connectivity index (χ0v) is 13.0. The summed E-state index contributed by atoms with van der Waals surface area (Å²) in [6.45, 7) is 10.1. The SMILES string of the molecule is CC(C)N(CCNc1ccc(C#N)c([N+](=O)[O-])c1)C(C)C. The van der Waals surface area contributed by atoms with Crippen molar-refractivity contribution in [1.29, 1.82) is 5.26 Å². The molecule has 1 N–H and O–H groups in total. The van der Waals surface area contributed by atoms with Crippen molar-refractivity contribution in [2.75, 3.05) is 18.4 Å². The molecule has 0 bridgehead atoms. The van der Waals surface area contributed by atoms with E-state index in [0.717, 1.165) is 6.54 Å². The van der Waals surface area contributed by atoms with E-state index < -0.39 is 4.92 Å². The fourth-order valence-corrected chi connectivity index (χ4v) is 2.33. The Morgan fingerprint density at radius 2 is 1.95 bits per heavy atom. The van der Waals surface area contributed by atoms with Gasteiger partial charge in [-0.15, -0.1) is 0 Å². The van der Waals surface area contributed by atoms with Crippen LogP contribution in [0.3, 0.4) is 0 Å². The van der Waals surface area contributed by atoms with Gasteiger partial charge in [-0.25, -0.2) is 0 Å². The molecule has 6 heteroatoms. The van der Waals surface area contributed by atoms with Gasteiger partial charge in [-0.05, 0) is 39.8 Å². The quantitative estimate of drug-likeness (QED) is 0.616. The van der Waals surface area contributed by atoms with Crippen LogP contribution in [0.5, 0.6) is 0 Å². The summed E-state index contributed by atoms with van der Waals surface area (Å²) >= 11 is 0. The molecule has 0 aliphatic heterocycles. The summed E-state index contributed by atoms with van der Waals surface area (Å²) in [5.41, 5.74) is 0.580. The van der Waals surface area contributed by atoms with Crippen LogP contribution in [0.1, 0.15) is 33.3 Å². The molecule has 1 aromatic carbocycles. The van der Waals surface area contributed by atoms with E-state index in [1.54, 1.807) is 6.07 Å². The van der Waals surface area contributed by atoms with Crippen LogP contribution >= 0.6 is 0 Å². The number of hydrogen-bond donors (Lipinski definition) is 1. The average molecular weight is 290 g/mol. The van der Waals surface area contributed by atoms with Crippen molar-refractivity contribution in [3.63, 3.8) is 0 Å². The van der Waals surface area contributed by atoms with Crippen LogP contribution in [0.15, 0.2) is 18.2 Å². The zero-order chi connectivity index (χ0) is 16.0. The van der Waals surface area contributed by atoms with Crippen molar-refractivity contribution in [3.05, 3.63) is 33.9 Å². The van der Waals surface area contributed by atoms with Gasteiger partial charge in [-0.2, -0.15) is 5.26 Å². The molecule has 0 spiro atoms. The molecule has 0 amide bonds. The molecular weight excluding hydrogens is 268 g/mol. The van der Waals surface area contributed by atoms with E-state index in [0.29, 0.717) is 24.3 Å². The van der Waals surface area contributed by atoms with Gasteiger partial charge in [0, 0.05) is 36.9 Å². The molecule has 21 heavy (non-hydrogen) atoms. The maximum atomic E-state index is 10.9. The van der Waals surface area contributed by atoms with Crippen LogP contribution in [0, 0.1) is 21.4 Å². The molecule has 6 nitrogen and oxygen atoms in total. The van der Waals surface area contributed by atoms with E-state index in [2.05, 4.69) is 37.9 Å². The van der Waals surface area contributed by atoms with Crippen LogP contribution in [0.25, 0.3) is 0 Å². The van der Waals surface area contributed by atoms with E-state index in [1.807, 2.05) is 6.07 Å². The van der Waals surface area contributed by atoms with E-state index >= 15 is 0 Å². The second-order valence-corrected chi connectivity index (χ2v) is 5.45. The van der Waals surface area contributed by atoms with Gasteiger partial charge in [-0.1, -0.05) is 0 Å². The van der Waals surface area contributed by atoms with Crippen LogP contribution in [0.4, 0.5) is 11.4 Å². The Labute approximate surface area is 125 Å². The van der Waals surface area contributed by atoms with Gasteiger partial charge in [0.05, 0.1) is 4.92 Å². The number of anilines is 1. The molecule has 1 aromatic rings. The zero-order valence-electron chi connectivity index (χ0n) is 13.0. The van der Waals surface area contributed by atoms with E-state index in [1.165, 1.54) is 12.1 Å². The van der Waals surface area contributed by atoms with Crippen molar-refractivity contribution in [2.45, 2.75) is 39.8 Å². The minimum Gasteiger partial charge on any atom is -0.384 e. The fraction of sp³-hybridized carbons (Fsp3) is 0.533. The first-order chi connectivity index (χ1) is 9.86. The topological polar surface area (TPSA) is 82.2 Å². The van der Waals surface area contributed by atoms with Crippen LogP contribution in [0.2, 0.25) is 0 Å². The van der Waals surface area contributed by atoms with Gasteiger partial charge >= 0.3 is 0 Å². The van der Waals surface area contributed by atoms with Gasteiger partial charge in [0.1, 0.15) is 11.6 Å². The Morgan fingerprint density at radius 1 is 1.33 bits per heavy atom. The Bertz CT molecular complexity index is 527. The minimum atomic E-state index is -0.529. The van der Waals surface area contributed by atoms with Crippen LogP contribution in [-0.4, -0.2) is 35.0 Å². The maximum Gasteiger partial charge on any atom is 0.289 e. The number of nitrogens with zero attached hydrogens (tertiary/aromatic N) is 3. The summed E-state index contributed by atoms with van der Waals surface area (Å²) in [5.74, 6) is 0. The summed E-state index contributed by atoms with van der Waals surface area (Å²) in [6, 6.07) is 7.30. The first kappa shape index (κ1) is 16.9. The van der Waals surface area contributed by atoms with Gasteiger partial charge in [0.15, 0.2) is 0 Å². The molecule has 0 unspecified atom stereocenters. The summed E-state index contributed by atoms with van der Waals surface area (Å²) in [4.78, 5) is 12.7. The van der Waals surface area contributed by atoms with Gasteiger partial charge < -0.3 is 5.32 Å². The second-order valence-electron chi connectivity index (χ2n) is 5.45. The molecular formula is C15H22N4O2. The Kier molecular flexibility index (Phi) is 6.12. The number of nitro groups is 1. The van der Waals surface area contributed by atoms with E-state index in [-0.39, 0.29) is 11.3 Å². The largest absolute Gasteiger partial charge is 0.384 e. The van der Waals surface area contributed by atoms with Gasteiger partial charge in [0.25, 0.3) is 5.69 Å². The molecule has 0 heterocycles. The Balaban J connectivity index is 2.70. The predicted molar refractivity (Wildman–Crippen MR) is 83.3 cm³/mol. The number of benzene rings is 1. The molecule has 0 saturated heterocycles. The molecule has 0 aliphatic rings. The van der Waals surface area contributed by atoms with E-state index in [9.17, 15) is 10.1 Å². The monoisotopic (exact) mass is 290 g/mol. The maximum absolute atomic E-state index is 10.9. The Hall–Kier alpha value is -2.13. The van der Waals surface area contributed by atoms with Gasteiger partial charge in [-0.3, -0.25) is 15.0 Å². The lowest BCUT2D eigenvalue weighted by Crippen LogP contribution is -2.40. The van der Waals surface area contributed by atoms with Crippen molar-refractivity contribution in [1.82, 2.24) is 4.90 Å². The highest BCUT2D eigenvalue weighted by atomic mass is 16.6. The summed E-state index contributed by atoms with van der Waals surface area (Å²) in [6.07, 6.45) is 0. The third-order valence-corrected chi connectivity index (χ3v) is 3.34. The van der Waals surface area contributed by atoms with Crippen molar-refractivity contribution < 1.29 is 4.92 Å². The number of rotatable bonds is 7. The molecule has 0 radical (unpaired) electrons. The highest BCUT2D eigenvalue weighted by Gasteiger charge is 2.15. The average Bonchev–Trinajstić information content (AvgIpc) is 2.42. The summed E-state index contributed by atoms with van der Waals surface area (Å²) in [7, 11) is 0. The first-order valence-electron chi connectivity index (χ1n) is 7.05. The minimum absolute atomic E-state index is 0.0801. The fourth-order valence-electron chi connectivity index (χ4n) is 2.33. The van der Waals surface area contributed by atoms with Crippen molar-refractivity contribution >= 4 is 11.4 Å². The molecule has 0 aromatic heterocycles. The number of nitriles is 1. The molecule has 0 fully saturated rings. The summed E-state index contributed by atoms with van der Waals surface area (Å²) in [5, 5.41) is 22.9. The molecule has 0 aliphatic carbocycles. The highest BCUT2D eigenvalue weighted by Crippen LogP contribution is 2.22. The number of nitrogens with one attached hydrogen (secondary N) is 1. The third-order valence-electron chi connectivity index (χ3n) is 3.34. The van der Waals surface area contributed by atoms with Gasteiger partial charge in [0.2, 0.25) is 0 Å². The molecule has 0 atom stereocenters. The second kappa shape index (κ2) is 7.60. The molecule has 0 saturated carbocycles. The highest BCUT2D eigenvalue weighted by molar-refractivity contribution is 5.59.